The number of primary amides is 1. The van der Waals surface area contributed by atoms with E-state index >= 15 is 0 Å². The molecule has 0 saturated heterocycles. The van der Waals surface area contributed by atoms with Gasteiger partial charge in [0.05, 0.1) is 17.5 Å². The number of hydrogen-bond donors (Lipinski definition) is 1. The van der Waals surface area contributed by atoms with Crippen molar-refractivity contribution in [3.8, 4) is 5.75 Å². The van der Waals surface area contributed by atoms with E-state index in [9.17, 15) is 9.59 Å². The summed E-state index contributed by atoms with van der Waals surface area (Å²) in [5.74, 6) is -0.450. The first-order valence-electron chi connectivity index (χ1n) is 5.14. The van der Waals surface area contributed by atoms with Crippen LogP contribution >= 0.6 is 11.6 Å². The molecule has 0 saturated carbocycles. The number of rotatable bonds is 5. The highest BCUT2D eigenvalue weighted by atomic mass is 35.5. The standard InChI is InChI=1S/C12H14ClNO3/c1-7(12(14)16)6-17-11-4-3-9(8(2)15)5-10(11)13/h3-5,7H,6H2,1-2H3,(H2,14,16). The Balaban J connectivity index is 2.73. The number of halogens is 1. The molecule has 0 aromatic heterocycles. The Hall–Kier alpha value is -1.55. The largest absolute Gasteiger partial charge is 0.491 e. The molecule has 0 aliphatic heterocycles. The molecular formula is C12H14ClNO3. The van der Waals surface area contributed by atoms with Crippen LogP contribution in [0.3, 0.4) is 0 Å². The van der Waals surface area contributed by atoms with E-state index in [2.05, 4.69) is 0 Å². The second-order valence-corrected chi connectivity index (χ2v) is 4.22. The van der Waals surface area contributed by atoms with Crippen molar-refractivity contribution in [2.24, 2.45) is 11.7 Å². The minimum absolute atomic E-state index is 0.0658. The number of benzene rings is 1. The third kappa shape index (κ3) is 3.75. The summed E-state index contributed by atoms with van der Waals surface area (Å²) in [5.41, 5.74) is 5.62. The van der Waals surface area contributed by atoms with E-state index in [0.29, 0.717) is 16.3 Å². The lowest BCUT2D eigenvalue weighted by Gasteiger charge is -2.11. The van der Waals surface area contributed by atoms with Gasteiger partial charge in [-0.25, -0.2) is 0 Å². The molecule has 0 fully saturated rings. The first-order chi connectivity index (χ1) is 7.91. The number of ether oxygens (including phenoxy) is 1. The summed E-state index contributed by atoms with van der Waals surface area (Å²) >= 11 is 5.94. The number of ketones is 1. The fourth-order valence-corrected chi connectivity index (χ4v) is 1.37. The smallest absolute Gasteiger partial charge is 0.223 e. The molecule has 4 nitrogen and oxygen atoms in total. The SMILES string of the molecule is CC(=O)c1ccc(OCC(C)C(N)=O)c(Cl)c1. The normalized spacial score (nSPS) is 11.9. The van der Waals surface area contributed by atoms with Gasteiger partial charge in [-0.05, 0) is 25.1 Å². The van der Waals surface area contributed by atoms with Crippen LogP contribution in [0.2, 0.25) is 5.02 Å². The lowest BCUT2D eigenvalue weighted by molar-refractivity contribution is -0.122. The highest BCUT2D eigenvalue weighted by Crippen LogP contribution is 2.26. The first-order valence-corrected chi connectivity index (χ1v) is 5.52. The van der Waals surface area contributed by atoms with E-state index in [-0.39, 0.29) is 12.4 Å². The number of carbonyl (C=O) groups excluding carboxylic acids is 2. The van der Waals surface area contributed by atoms with Crippen LogP contribution in [0.5, 0.6) is 5.75 Å². The number of carbonyl (C=O) groups is 2. The number of hydrogen-bond acceptors (Lipinski definition) is 3. The van der Waals surface area contributed by atoms with Gasteiger partial charge in [0.25, 0.3) is 0 Å². The van der Waals surface area contributed by atoms with Crippen LogP contribution in [0.1, 0.15) is 24.2 Å². The van der Waals surface area contributed by atoms with Crippen molar-refractivity contribution in [1.82, 2.24) is 0 Å². The first kappa shape index (κ1) is 13.5. The topological polar surface area (TPSA) is 69.4 Å². The van der Waals surface area contributed by atoms with Crippen molar-refractivity contribution >= 4 is 23.3 Å². The van der Waals surface area contributed by atoms with Gasteiger partial charge in [0, 0.05) is 5.56 Å². The number of Topliss-reactive ketones (excluding diaryl/α,β-unsaturated/α-hetero) is 1. The van der Waals surface area contributed by atoms with Crippen molar-refractivity contribution < 1.29 is 14.3 Å². The van der Waals surface area contributed by atoms with Crippen molar-refractivity contribution in [2.75, 3.05) is 6.61 Å². The summed E-state index contributed by atoms with van der Waals surface area (Å²) in [4.78, 5) is 21.9. The zero-order valence-corrected chi connectivity index (χ0v) is 10.5. The summed E-state index contributed by atoms with van der Waals surface area (Å²) in [5, 5.41) is 0.342. The second kappa shape index (κ2) is 5.68. The molecule has 0 radical (unpaired) electrons. The molecule has 17 heavy (non-hydrogen) atoms. The molecule has 2 N–H and O–H groups in total. The summed E-state index contributed by atoms with van der Waals surface area (Å²) in [7, 11) is 0. The van der Waals surface area contributed by atoms with Crippen molar-refractivity contribution in [2.45, 2.75) is 13.8 Å². The van der Waals surface area contributed by atoms with Crippen LogP contribution < -0.4 is 10.5 Å². The molecule has 5 heteroatoms. The van der Waals surface area contributed by atoms with Gasteiger partial charge in [-0.15, -0.1) is 0 Å². The molecule has 92 valence electrons. The Morgan fingerprint density at radius 1 is 1.47 bits per heavy atom. The van der Waals surface area contributed by atoms with E-state index in [1.807, 2.05) is 0 Å². The Kier molecular flexibility index (Phi) is 4.52. The summed E-state index contributed by atoms with van der Waals surface area (Å²) < 4.78 is 5.35. The molecule has 1 aromatic rings. The molecule has 1 aromatic carbocycles. The number of nitrogens with two attached hydrogens (primary N) is 1. The highest BCUT2D eigenvalue weighted by Gasteiger charge is 2.11. The molecule has 0 heterocycles. The third-order valence-electron chi connectivity index (χ3n) is 2.31. The molecular weight excluding hydrogens is 242 g/mol. The van der Waals surface area contributed by atoms with Gasteiger partial charge in [0.2, 0.25) is 5.91 Å². The maximum absolute atomic E-state index is 11.1. The van der Waals surface area contributed by atoms with Gasteiger partial charge in [-0.3, -0.25) is 9.59 Å². The molecule has 0 spiro atoms. The van der Waals surface area contributed by atoms with Crippen LogP contribution in [0.15, 0.2) is 18.2 Å². The molecule has 1 amide bonds. The predicted octanol–water partition coefficient (Wildman–Crippen LogP) is 2.04. The third-order valence-corrected chi connectivity index (χ3v) is 2.61. The minimum Gasteiger partial charge on any atom is -0.491 e. The van der Waals surface area contributed by atoms with Crippen LogP contribution in [0.4, 0.5) is 0 Å². The quantitative estimate of drug-likeness (QED) is 0.819. The summed E-state index contributed by atoms with van der Waals surface area (Å²) in [6, 6.07) is 4.76. The zero-order valence-electron chi connectivity index (χ0n) is 9.70. The molecule has 1 atom stereocenters. The average Bonchev–Trinajstić information content (AvgIpc) is 2.26. The van der Waals surface area contributed by atoms with Crippen molar-refractivity contribution in [3.63, 3.8) is 0 Å². The molecule has 1 rings (SSSR count). The number of amides is 1. The minimum atomic E-state index is -0.429. The summed E-state index contributed by atoms with van der Waals surface area (Å²) in [6.07, 6.45) is 0. The molecule has 1 unspecified atom stereocenters. The van der Waals surface area contributed by atoms with E-state index in [1.54, 1.807) is 19.1 Å². The fraction of sp³-hybridized carbons (Fsp3) is 0.333. The Bertz CT molecular complexity index is 445. The van der Waals surface area contributed by atoms with E-state index < -0.39 is 11.8 Å². The van der Waals surface area contributed by atoms with Gasteiger partial charge < -0.3 is 10.5 Å². The van der Waals surface area contributed by atoms with E-state index in [1.165, 1.54) is 13.0 Å². The zero-order chi connectivity index (χ0) is 13.0. The lowest BCUT2D eigenvalue weighted by atomic mass is 10.1. The van der Waals surface area contributed by atoms with Crippen molar-refractivity contribution in [1.29, 1.82) is 0 Å². The monoisotopic (exact) mass is 255 g/mol. The van der Waals surface area contributed by atoms with Gasteiger partial charge in [-0.1, -0.05) is 18.5 Å². The van der Waals surface area contributed by atoms with E-state index in [0.717, 1.165) is 0 Å². The Labute approximate surface area is 105 Å². The Morgan fingerprint density at radius 3 is 2.59 bits per heavy atom. The van der Waals surface area contributed by atoms with Crippen LogP contribution in [0.25, 0.3) is 0 Å². The molecule has 0 aliphatic carbocycles. The van der Waals surface area contributed by atoms with Crippen LogP contribution in [-0.2, 0) is 4.79 Å². The molecule has 0 aliphatic rings. The average molecular weight is 256 g/mol. The van der Waals surface area contributed by atoms with Gasteiger partial charge >= 0.3 is 0 Å². The van der Waals surface area contributed by atoms with Gasteiger partial charge in [0.1, 0.15) is 5.75 Å². The van der Waals surface area contributed by atoms with Gasteiger partial charge in [0.15, 0.2) is 5.78 Å². The summed E-state index contributed by atoms with van der Waals surface area (Å²) in [6.45, 7) is 3.29. The second-order valence-electron chi connectivity index (χ2n) is 3.82. The van der Waals surface area contributed by atoms with Crippen molar-refractivity contribution in [3.05, 3.63) is 28.8 Å². The van der Waals surface area contributed by atoms with Crippen LogP contribution in [0, 0.1) is 5.92 Å². The fourth-order valence-electron chi connectivity index (χ4n) is 1.13. The van der Waals surface area contributed by atoms with Gasteiger partial charge in [-0.2, -0.15) is 0 Å². The van der Waals surface area contributed by atoms with E-state index in [4.69, 9.17) is 22.1 Å². The van der Waals surface area contributed by atoms with Crippen LogP contribution in [-0.4, -0.2) is 18.3 Å². The maximum Gasteiger partial charge on any atom is 0.223 e. The maximum atomic E-state index is 11.1. The Morgan fingerprint density at radius 2 is 2.12 bits per heavy atom. The highest BCUT2D eigenvalue weighted by molar-refractivity contribution is 6.32. The predicted molar refractivity (Wildman–Crippen MR) is 65.3 cm³/mol. The molecule has 0 bridgehead atoms. The lowest BCUT2D eigenvalue weighted by Crippen LogP contribution is -2.25.